The standard InChI is InChI=1S/C14H19N5O2/c15-14(20)11-21-13-4-2-12(3-5-13)10-16-6-1-8-19-9-7-17-18-19/h2-5,7,9,16H,1,6,8,10-11H2,(H2,15,20). The van der Waals surface area contributed by atoms with Crippen LogP contribution in [0.2, 0.25) is 0 Å². The Kier molecular flexibility index (Phi) is 5.71. The van der Waals surface area contributed by atoms with Crippen molar-refractivity contribution in [1.29, 1.82) is 0 Å². The molecule has 112 valence electrons. The molecule has 0 aliphatic heterocycles. The van der Waals surface area contributed by atoms with Crippen molar-refractivity contribution >= 4 is 5.91 Å². The average Bonchev–Trinajstić information content (AvgIpc) is 2.99. The van der Waals surface area contributed by atoms with Crippen LogP contribution in [0.15, 0.2) is 36.7 Å². The van der Waals surface area contributed by atoms with Crippen LogP contribution in [0.1, 0.15) is 12.0 Å². The molecule has 21 heavy (non-hydrogen) atoms. The van der Waals surface area contributed by atoms with Gasteiger partial charge in [-0.25, -0.2) is 0 Å². The predicted octanol–water partition coefficient (Wildman–Crippen LogP) is 0.322. The third-order valence-corrected chi connectivity index (χ3v) is 2.85. The van der Waals surface area contributed by atoms with Crippen LogP contribution in [0.25, 0.3) is 0 Å². The Labute approximate surface area is 123 Å². The molecule has 0 aliphatic rings. The lowest BCUT2D eigenvalue weighted by Crippen LogP contribution is -2.20. The van der Waals surface area contributed by atoms with E-state index in [0.717, 1.165) is 31.6 Å². The molecule has 0 unspecified atom stereocenters. The second-order valence-corrected chi connectivity index (χ2v) is 4.60. The van der Waals surface area contributed by atoms with Crippen LogP contribution < -0.4 is 15.8 Å². The van der Waals surface area contributed by atoms with Crippen molar-refractivity contribution < 1.29 is 9.53 Å². The molecule has 3 N–H and O–H groups in total. The highest BCUT2D eigenvalue weighted by molar-refractivity contribution is 5.75. The maximum absolute atomic E-state index is 10.6. The molecule has 0 atom stereocenters. The third kappa shape index (κ3) is 5.62. The second kappa shape index (κ2) is 8.01. The Morgan fingerprint density at radius 2 is 2.14 bits per heavy atom. The summed E-state index contributed by atoms with van der Waals surface area (Å²) in [7, 11) is 0. The van der Waals surface area contributed by atoms with Gasteiger partial charge in [-0.05, 0) is 30.7 Å². The van der Waals surface area contributed by atoms with Gasteiger partial charge in [0, 0.05) is 19.3 Å². The van der Waals surface area contributed by atoms with Gasteiger partial charge in [-0.15, -0.1) is 5.10 Å². The summed E-state index contributed by atoms with van der Waals surface area (Å²) < 4.78 is 7.01. The Bertz CT molecular complexity index is 539. The summed E-state index contributed by atoms with van der Waals surface area (Å²) >= 11 is 0. The van der Waals surface area contributed by atoms with Crippen molar-refractivity contribution in [3.8, 4) is 5.75 Å². The smallest absolute Gasteiger partial charge is 0.255 e. The number of rotatable bonds is 9. The number of carbonyl (C=O) groups excluding carboxylic acids is 1. The van der Waals surface area contributed by atoms with Gasteiger partial charge in [0.1, 0.15) is 5.75 Å². The summed E-state index contributed by atoms with van der Waals surface area (Å²) in [4.78, 5) is 10.6. The van der Waals surface area contributed by atoms with Crippen molar-refractivity contribution in [3.05, 3.63) is 42.2 Å². The van der Waals surface area contributed by atoms with E-state index in [2.05, 4.69) is 15.6 Å². The number of amides is 1. The van der Waals surface area contributed by atoms with E-state index >= 15 is 0 Å². The molecule has 0 fully saturated rings. The lowest BCUT2D eigenvalue weighted by molar-refractivity contribution is -0.119. The minimum absolute atomic E-state index is 0.0973. The van der Waals surface area contributed by atoms with Crippen LogP contribution in [0, 0.1) is 0 Å². The number of primary amides is 1. The first-order valence-electron chi connectivity index (χ1n) is 6.79. The number of aromatic nitrogens is 3. The van der Waals surface area contributed by atoms with Gasteiger partial charge in [0.25, 0.3) is 5.91 Å². The number of nitrogens with one attached hydrogen (secondary N) is 1. The monoisotopic (exact) mass is 289 g/mol. The van der Waals surface area contributed by atoms with Crippen LogP contribution >= 0.6 is 0 Å². The van der Waals surface area contributed by atoms with E-state index in [1.165, 1.54) is 0 Å². The van der Waals surface area contributed by atoms with Crippen LogP contribution in [0.5, 0.6) is 5.75 Å². The van der Waals surface area contributed by atoms with Gasteiger partial charge in [-0.1, -0.05) is 17.3 Å². The zero-order valence-electron chi connectivity index (χ0n) is 11.7. The highest BCUT2D eigenvalue weighted by atomic mass is 16.5. The van der Waals surface area contributed by atoms with Crippen molar-refractivity contribution in [2.24, 2.45) is 5.73 Å². The average molecular weight is 289 g/mol. The fraction of sp³-hybridized carbons (Fsp3) is 0.357. The molecule has 0 bridgehead atoms. The van der Waals surface area contributed by atoms with E-state index in [0.29, 0.717) is 5.75 Å². The molecule has 1 aromatic carbocycles. The Hall–Kier alpha value is -2.41. The lowest BCUT2D eigenvalue weighted by atomic mass is 10.2. The van der Waals surface area contributed by atoms with E-state index in [-0.39, 0.29) is 6.61 Å². The van der Waals surface area contributed by atoms with Crippen molar-refractivity contribution in [1.82, 2.24) is 20.3 Å². The number of carbonyl (C=O) groups is 1. The van der Waals surface area contributed by atoms with Gasteiger partial charge < -0.3 is 15.8 Å². The molecule has 0 saturated heterocycles. The van der Waals surface area contributed by atoms with Crippen molar-refractivity contribution in [3.63, 3.8) is 0 Å². The number of hydrogen-bond acceptors (Lipinski definition) is 5. The molecular formula is C14H19N5O2. The van der Waals surface area contributed by atoms with Gasteiger partial charge in [0.2, 0.25) is 0 Å². The molecule has 1 amide bonds. The first kappa shape index (κ1) is 15.0. The molecule has 2 aromatic rings. The molecule has 0 aliphatic carbocycles. The van der Waals surface area contributed by atoms with E-state index in [4.69, 9.17) is 10.5 Å². The predicted molar refractivity (Wildman–Crippen MR) is 77.5 cm³/mol. The van der Waals surface area contributed by atoms with Gasteiger partial charge in [-0.2, -0.15) is 0 Å². The first-order chi connectivity index (χ1) is 10.2. The Morgan fingerprint density at radius 3 is 2.81 bits per heavy atom. The van der Waals surface area contributed by atoms with E-state index in [1.807, 2.05) is 35.1 Å². The number of nitrogens with zero attached hydrogens (tertiary/aromatic N) is 3. The van der Waals surface area contributed by atoms with Gasteiger partial charge in [0.05, 0.1) is 6.20 Å². The molecule has 1 aromatic heterocycles. The minimum atomic E-state index is -0.479. The highest BCUT2D eigenvalue weighted by Gasteiger charge is 1.98. The summed E-state index contributed by atoms with van der Waals surface area (Å²) in [5, 5.41) is 11.0. The number of benzene rings is 1. The normalized spacial score (nSPS) is 10.5. The molecule has 0 radical (unpaired) electrons. The third-order valence-electron chi connectivity index (χ3n) is 2.85. The minimum Gasteiger partial charge on any atom is -0.484 e. The largest absolute Gasteiger partial charge is 0.484 e. The summed E-state index contributed by atoms with van der Waals surface area (Å²) in [5.41, 5.74) is 6.17. The number of hydrogen-bond donors (Lipinski definition) is 2. The zero-order valence-corrected chi connectivity index (χ0v) is 11.7. The molecular weight excluding hydrogens is 270 g/mol. The second-order valence-electron chi connectivity index (χ2n) is 4.60. The maximum Gasteiger partial charge on any atom is 0.255 e. The fourth-order valence-corrected chi connectivity index (χ4v) is 1.81. The number of aryl methyl sites for hydroxylation is 1. The fourth-order valence-electron chi connectivity index (χ4n) is 1.81. The maximum atomic E-state index is 10.6. The van der Waals surface area contributed by atoms with Gasteiger partial charge in [0.15, 0.2) is 6.61 Å². The Morgan fingerprint density at radius 1 is 1.33 bits per heavy atom. The molecule has 7 nitrogen and oxygen atoms in total. The summed E-state index contributed by atoms with van der Waals surface area (Å²) in [6, 6.07) is 7.58. The van der Waals surface area contributed by atoms with Crippen LogP contribution in [0.3, 0.4) is 0 Å². The van der Waals surface area contributed by atoms with E-state index in [1.54, 1.807) is 6.20 Å². The van der Waals surface area contributed by atoms with E-state index < -0.39 is 5.91 Å². The molecule has 1 heterocycles. The lowest BCUT2D eigenvalue weighted by Gasteiger charge is -2.07. The van der Waals surface area contributed by atoms with Crippen molar-refractivity contribution in [2.45, 2.75) is 19.5 Å². The van der Waals surface area contributed by atoms with Crippen molar-refractivity contribution in [2.75, 3.05) is 13.2 Å². The van der Waals surface area contributed by atoms with E-state index in [9.17, 15) is 4.79 Å². The summed E-state index contributed by atoms with van der Waals surface area (Å²) in [6.45, 7) is 2.44. The quantitative estimate of drug-likeness (QED) is 0.648. The highest BCUT2D eigenvalue weighted by Crippen LogP contribution is 2.11. The molecule has 2 rings (SSSR count). The molecule has 0 spiro atoms. The molecule has 7 heteroatoms. The first-order valence-corrected chi connectivity index (χ1v) is 6.79. The summed E-state index contributed by atoms with van der Waals surface area (Å²) in [6.07, 6.45) is 4.52. The zero-order chi connectivity index (χ0) is 14.9. The SMILES string of the molecule is NC(=O)COc1ccc(CNCCCn2ccnn2)cc1. The van der Waals surface area contributed by atoms with Crippen LogP contribution in [-0.2, 0) is 17.9 Å². The summed E-state index contributed by atoms with van der Waals surface area (Å²) in [5.74, 6) is 0.164. The van der Waals surface area contributed by atoms with Gasteiger partial charge in [-0.3, -0.25) is 9.48 Å². The van der Waals surface area contributed by atoms with Crippen LogP contribution in [0.4, 0.5) is 0 Å². The topological polar surface area (TPSA) is 95.1 Å². The number of nitrogens with two attached hydrogens (primary N) is 1. The number of ether oxygens (including phenoxy) is 1. The Balaban J connectivity index is 1.63. The van der Waals surface area contributed by atoms with Gasteiger partial charge >= 0.3 is 0 Å². The molecule has 0 saturated carbocycles. The van der Waals surface area contributed by atoms with Crippen LogP contribution in [-0.4, -0.2) is 34.1 Å².